The van der Waals surface area contributed by atoms with Gasteiger partial charge in [0, 0.05) is 11.6 Å². The fourth-order valence-electron chi connectivity index (χ4n) is 3.71. The van der Waals surface area contributed by atoms with Crippen molar-refractivity contribution in [1.82, 2.24) is 5.32 Å². The van der Waals surface area contributed by atoms with Crippen LogP contribution >= 0.6 is 0 Å². The summed E-state index contributed by atoms with van der Waals surface area (Å²) in [7, 11) is -4.06. The largest absolute Gasteiger partial charge is 0.416 e. The summed E-state index contributed by atoms with van der Waals surface area (Å²) in [5, 5.41) is 1.49. The molecule has 0 aromatic heterocycles. The Bertz CT molecular complexity index is 1140. The third-order valence-corrected chi connectivity index (χ3v) is 7.69. The standard InChI is InChI=1S/C21H18F7NO3S/c22-15-9-12(8-14(10-15)21(26,27)28)19(30)29-16-4-6-17(7-5-16)33(31,32)18-3-1-2-13(11-18)20(23,24)25/h1-3,8-11,16-17H,4-7H2,(H,29,30)/t16-,17-. The number of halogens is 7. The molecule has 180 valence electrons. The molecule has 0 unspecified atom stereocenters. The van der Waals surface area contributed by atoms with Crippen LogP contribution in [0, 0.1) is 5.82 Å². The van der Waals surface area contributed by atoms with E-state index in [1.165, 1.54) is 0 Å². The number of hydrogen-bond acceptors (Lipinski definition) is 3. The van der Waals surface area contributed by atoms with Gasteiger partial charge < -0.3 is 5.32 Å². The Kier molecular flexibility index (Phi) is 6.79. The molecule has 33 heavy (non-hydrogen) atoms. The number of carbonyl (C=O) groups is 1. The molecule has 2 aromatic carbocycles. The molecule has 0 atom stereocenters. The quantitative estimate of drug-likeness (QED) is 0.578. The zero-order valence-corrected chi connectivity index (χ0v) is 17.6. The van der Waals surface area contributed by atoms with Gasteiger partial charge in [0.25, 0.3) is 5.91 Å². The molecule has 0 radical (unpaired) electrons. The van der Waals surface area contributed by atoms with Crippen LogP contribution in [0.5, 0.6) is 0 Å². The smallest absolute Gasteiger partial charge is 0.349 e. The van der Waals surface area contributed by atoms with Crippen LogP contribution < -0.4 is 5.32 Å². The highest BCUT2D eigenvalue weighted by molar-refractivity contribution is 7.92. The monoisotopic (exact) mass is 497 g/mol. The van der Waals surface area contributed by atoms with Crippen molar-refractivity contribution in [3.8, 4) is 0 Å². The van der Waals surface area contributed by atoms with E-state index in [2.05, 4.69) is 5.32 Å². The maximum absolute atomic E-state index is 13.5. The highest BCUT2D eigenvalue weighted by Gasteiger charge is 2.36. The molecule has 2 aromatic rings. The van der Waals surface area contributed by atoms with Crippen LogP contribution in [0.1, 0.15) is 47.2 Å². The van der Waals surface area contributed by atoms with E-state index in [9.17, 15) is 43.9 Å². The topological polar surface area (TPSA) is 63.2 Å². The van der Waals surface area contributed by atoms with E-state index >= 15 is 0 Å². The summed E-state index contributed by atoms with van der Waals surface area (Å²) in [6.07, 6.45) is -9.21. The third-order valence-electron chi connectivity index (χ3n) is 5.43. The average molecular weight is 497 g/mol. The molecule has 12 heteroatoms. The first-order valence-electron chi connectivity index (χ1n) is 9.78. The minimum atomic E-state index is -4.84. The number of benzene rings is 2. The number of nitrogens with one attached hydrogen (secondary N) is 1. The molecular formula is C21H18F7NO3S. The van der Waals surface area contributed by atoms with Gasteiger partial charge in [0.2, 0.25) is 0 Å². The van der Waals surface area contributed by atoms with Gasteiger partial charge in [-0.2, -0.15) is 26.3 Å². The minimum absolute atomic E-state index is 0.0283. The van der Waals surface area contributed by atoms with E-state index < -0.39 is 66.8 Å². The summed E-state index contributed by atoms with van der Waals surface area (Å²) in [4.78, 5) is 11.9. The van der Waals surface area contributed by atoms with Gasteiger partial charge in [-0.3, -0.25) is 4.79 Å². The van der Waals surface area contributed by atoms with Gasteiger partial charge >= 0.3 is 12.4 Å². The zero-order chi connectivity index (χ0) is 24.6. The molecule has 0 spiro atoms. The lowest BCUT2D eigenvalue weighted by Gasteiger charge is -2.29. The van der Waals surface area contributed by atoms with E-state index in [0.717, 1.165) is 18.2 Å². The lowest BCUT2D eigenvalue weighted by molar-refractivity contribution is -0.138. The molecule has 1 aliphatic rings. The van der Waals surface area contributed by atoms with Crippen molar-refractivity contribution in [1.29, 1.82) is 0 Å². The van der Waals surface area contributed by atoms with Crippen LogP contribution in [0.25, 0.3) is 0 Å². The number of amides is 1. The molecule has 1 saturated carbocycles. The molecule has 1 fully saturated rings. The summed E-state index contributed by atoms with van der Waals surface area (Å²) in [6, 6.07) is 4.30. The normalized spacial score (nSPS) is 19.8. The Morgan fingerprint density at radius 1 is 0.848 bits per heavy atom. The molecule has 4 nitrogen and oxygen atoms in total. The second kappa shape index (κ2) is 8.96. The first-order chi connectivity index (χ1) is 15.2. The van der Waals surface area contributed by atoms with Gasteiger partial charge in [-0.25, -0.2) is 12.8 Å². The number of sulfone groups is 1. The highest BCUT2D eigenvalue weighted by atomic mass is 32.2. The minimum Gasteiger partial charge on any atom is -0.349 e. The molecule has 1 amide bonds. The van der Waals surface area contributed by atoms with Gasteiger partial charge in [-0.05, 0) is 62.1 Å². The van der Waals surface area contributed by atoms with Gasteiger partial charge in [0.05, 0.1) is 21.3 Å². The van der Waals surface area contributed by atoms with Crippen molar-refractivity contribution in [3.05, 3.63) is 65.0 Å². The van der Waals surface area contributed by atoms with Gasteiger partial charge in [0.15, 0.2) is 9.84 Å². The Labute approximate surface area is 184 Å². The number of alkyl halides is 6. The summed E-state index contributed by atoms with van der Waals surface area (Å²) in [6.45, 7) is 0. The summed E-state index contributed by atoms with van der Waals surface area (Å²) in [5.74, 6) is -2.17. The van der Waals surface area contributed by atoms with Gasteiger partial charge in [0.1, 0.15) is 5.82 Å². The highest BCUT2D eigenvalue weighted by Crippen LogP contribution is 2.34. The molecule has 0 heterocycles. The first-order valence-corrected chi connectivity index (χ1v) is 11.3. The fraction of sp³-hybridized carbons (Fsp3) is 0.381. The Morgan fingerprint density at radius 3 is 2.03 bits per heavy atom. The van der Waals surface area contributed by atoms with Crippen molar-refractivity contribution >= 4 is 15.7 Å². The van der Waals surface area contributed by atoms with Crippen molar-refractivity contribution in [2.24, 2.45) is 0 Å². The average Bonchev–Trinajstić information content (AvgIpc) is 2.72. The third kappa shape index (κ3) is 5.84. The van der Waals surface area contributed by atoms with Crippen molar-refractivity contribution in [3.63, 3.8) is 0 Å². The molecule has 0 aliphatic heterocycles. The Balaban J connectivity index is 1.67. The van der Waals surface area contributed by atoms with Crippen LogP contribution in [0.2, 0.25) is 0 Å². The zero-order valence-electron chi connectivity index (χ0n) is 16.8. The molecule has 1 N–H and O–H groups in total. The Hall–Kier alpha value is -2.63. The van der Waals surface area contributed by atoms with Crippen molar-refractivity contribution < 1.29 is 43.9 Å². The molecule has 0 bridgehead atoms. The lowest BCUT2D eigenvalue weighted by atomic mass is 9.94. The molecular weight excluding hydrogens is 479 g/mol. The van der Waals surface area contributed by atoms with Crippen LogP contribution in [0.15, 0.2) is 47.4 Å². The maximum atomic E-state index is 13.5. The lowest BCUT2D eigenvalue weighted by Crippen LogP contribution is -2.40. The molecule has 0 saturated heterocycles. The molecule has 1 aliphatic carbocycles. The van der Waals surface area contributed by atoms with Crippen LogP contribution in [-0.4, -0.2) is 25.6 Å². The number of hydrogen-bond donors (Lipinski definition) is 1. The van der Waals surface area contributed by atoms with Crippen LogP contribution in [0.4, 0.5) is 30.7 Å². The predicted octanol–water partition coefficient (Wildman–Crippen LogP) is 5.38. The number of carbonyl (C=O) groups excluding carboxylic acids is 1. The maximum Gasteiger partial charge on any atom is 0.416 e. The van der Waals surface area contributed by atoms with E-state index in [1.807, 2.05) is 0 Å². The molecule has 3 rings (SSSR count). The summed E-state index contributed by atoms with van der Waals surface area (Å²) in [5.41, 5.74) is -2.93. The summed E-state index contributed by atoms with van der Waals surface area (Å²) < 4.78 is 116. The van der Waals surface area contributed by atoms with E-state index in [0.29, 0.717) is 18.2 Å². The second-order valence-electron chi connectivity index (χ2n) is 7.74. The van der Waals surface area contributed by atoms with Gasteiger partial charge in [-0.15, -0.1) is 0 Å². The Morgan fingerprint density at radius 2 is 1.45 bits per heavy atom. The van der Waals surface area contributed by atoms with E-state index in [1.54, 1.807) is 0 Å². The van der Waals surface area contributed by atoms with E-state index in [-0.39, 0.29) is 31.7 Å². The predicted molar refractivity (Wildman–Crippen MR) is 104 cm³/mol. The first kappa shape index (κ1) is 25.0. The SMILES string of the molecule is O=C(N[C@H]1CC[C@H](S(=O)(=O)c2cccc(C(F)(F)F)c2)CC1)c1cc(F)cc(C(F)(F)F)c1. The second-order valence-corrected chi connectivity index (χ2v) is 9.97. The van der Waals surface area contributed by atoms with Crippen molar-refractivity contribution in [2.45, 2.75) is 54.2 Å². The fourth-order valence-corrected chi connectivity index (χ4v) is 5.55. The van der Waals surface area contributed by atoms with E-state index in [4.69, 9.17) is 0 Å². The summed E-state index contributed by atoms with van der Waals surface area (Å²) >= 11 is 0. The number of rotatable bonds is 4. The van der Waals surface area contributed by atoms with Crippen LogP contribution in [0.3, 0.4) is 0 Å². The van der Waals surface area contributed by atoms with Crippen LogP contribution in [-0.2, 0) is 22.2 Å². The van der Waals surface area contributed by atoms with Crippen molar-refractivity contribution in [2.75, 3.05) is 0 Å². The van der Waals surface area contributed by atoms with Gasteiger partial charge in [-0.1, -0.05) is 6.07 Å².